The normalized spacial score (nSPS) is 25.0. The van der Waals surface area contributed by atoms with Crippen molar-refractivity contribution in [3.8, 4) is 0 Å². The lowest BCUT2D eigenvalue weighted by Gasteiger charge is -2.36. The van der Waals surface area contributed by atoms with Gasteiger partial charge in [0.15, 0.2) is 0 Å². The SMILES string of the molecule is CC(C)(C)OC(=O)N(C1CCNCC1)[C@H]1C[C@H]1c1ccccc1. The number of carbonyl (C=O) groups excluding carboxylic acids is 1. The topological polar surface area (TPSA) is 41.6 Å². The van der Waals surface area contributed by atoms with Crippen molar-refractivity contribution in [2.24, 2.45) is 0 Å². The van der Waals surface area contributed by atoms with Crippen molar-refractivity contribution in [3.63, 3.8) is 0 Å². The van der Waals surface area contributed by atoms with E-state index in [0.717, 1.165) is 32.4 Å². The zero-order valence-corrected chi connectivity index (χ0v) is 14.4. The number of nitrogens with one attached hydrogen (secondary N) is 1. The minimum atomic E-state index is -0.445. The first kappa shape index (κ1) is 16.3. The Balaban J connectivity index is 1.75. The molecule has 1 aromatic carbocycles. The summed E-state index contributed by atoms with van der Waals surface area (Å²) in [5.41, 5.74) is 0.888. The molecule has 0 bridgehead atoms. The molecule has 23 heavy (non-hydrogen) atoms. The lowest BCUT2D eigenvalue weighted by molar-refractivity contribution is 0.0102. The highest BCUT2D eigenvalue weighted by Gasteiger charge is 2.48. The predicted molar refractivity (Wildman–Crippen MR) is 91.6 cm³/mol. The Labute approximate surface area is 139 Å². The van der Waals surface area contributed by atoms with Crippen LogP contribution in [0.1, 0.15) is 51.5 Å². The van der Waals surface area contributed by atoms with E-state index in [0.29, 0.717) is 12.0 Å². The van der Waals surface area contributed by atoms with Crippen LogP contribution in [0.4, 0.5) is 4.79 Å². The fourth-order valence-corrected chi connectivity index (χ4v) is 3.50. The number of nitrogens with zero attached hydrogens (tertiary/aromatic N) is 1. The zero-order chi connectivity index (χ0) is 16.4. The summed E-state index contributed by atoms with van der Waals surface area (Å²) >= 11 is 0. The van der Waals surface area contributed by atoms with Gasteiger partial charge in [0.1, 0.15) is 5.60 Å². The number of rotatable bonds is 3. The van der Waals surface area contributed by atoms with E-state index in [1.165, 1.54) is 5.56 Å². The van der Waals surface area contributed by atoms with Crippen molar-refractivity contribution < 1.29 is 9.53 Å². The van der Waals surface area contributed by atoms with E-state index in [2.05, 4.69) is 29.6 Å². The van der Waals surface area contributed by atoms with Gasteiger partial charge in [0.25, 0.3) is 0 Å². The van der Waals surface area contributed by atoms with Crippen molar-refractivity contribution in [1.29, 1.82) is 0 Å². The number of piperidine rings is 1. The van der Waals surface area contributed by atoms with Gasteiger partial charge in [-0.1, -0.05) is 30.3 Å². The number of carbonyl (C=O) groups is 1. The molecule has 0 spiro atoms. The van der Waals surface area contributed by atoms with Crippen LogP contribution in [-0.2, 0) is 4.74 Å². The van der Waals surface area contributed by atoms with Crippen LogP contribution in [-0.4, -0.2) is 41.8 Å². The third-order valence-electron chi connectivity index (χ3n) is 4.65. The molecule has 0 radical (unpaired) electrons. The van der Waals surface area contributed by atoms with E-state index in [1.54, 1.807) is 0 Å². The van der Waals surface area contributed by atoms with Gasteiger partial charge in [-0.15, -0.1) is 0 Å². The molecule has 1 aliphatic heterocycles. The molecule has 2 fully saturated rings. The summed E-state index contributed by atoms with van der Waals surface area (Å²) in [6, 6.07) is 11.1. The van der Waals surface area contributed by atoms with Gasteiger partial charge >= 0.3 is 6.09 Å². The number of hydrogen-bond acceptors (Lipinski definition) is 3. The molecule has 1 saturated carbocycles. The molecule has 4 heteroatoms. The molecule has 1 amide bonds. The summed E-state index contributed by atoms with van der Waals surface area (Å²) in [4.78, 5) is 14.8. The highest BCUT2D eigenvalue weighted by atomic mass is 16.6. The second-order valence-electron chi connectivity index (χ2n) is 7.69. The van der Waals surface area contributed by atoms with Crippen LogP contribution in [0.15, 0.2) is 30.3 Å². The van der Waals surface area contributed by atoms with Crippen LogP contribution >= 0.6 is 0 Å². The van der Waals surface area contributed by atoms with Gasteiger partial charge in [-0.25, -0.2) is 4.79 Å². The van der Waals surface area contributed by atoms with Gasteiger partial charge in [0.05, 0.1) is 0 Å². The van der Waals surface area contributed by atoms with Crippen molar-refractivity contribution in [2.45, 2.75) is 63.6 Å². The van der Waals surface area contributed by atoms with Gasteiger partial charge in [0, 0.05) is 18.0 Å². The molecule has 0 unspecified atom stereocenters. The Hall–Kier alpha value is -1.55. The highest BCUT2D eigenvalue weighted by Crippen LogP contribution is 2.46. The van der Waals surface area contributed by atoms with Crippen LogP contribution in [0.5, 0.6) is 0 Å². The number of benzene rings is 1. The molecule has 2 atom stereocenters. The molecule has 4 nitrogen and oxygen atoms in total. The molecule has 2 aliphatic rings. The molecule has 0 aromatic heterocycles. The highest BCUT2D eigenvalue weighted by molar-refractivity contribution is 5.70. The Kier molecular flexibility index (Phi) is 4.62. The quantitative estimate of drug-likeness (QED) is 0.927. The summed E-state index contributed by atoms with van der Waals surface area (Å²) in [6.07, 6.45) is 2.93. The standard InChI is InChI=1S/C19H28N2O2/c1-19(2,3)23-18(22)21(15-9-11-20-12-10-15)17-13-16(17)14-7-5-4-6-8-14/h4-8,15-17,20H,9-13H2,1-3H3/t16-,17-/m0/s1. The van der Waals surface area contributed by atoms with Gasteiger partial charge < -0.3 is 15.0 Å². The Bertz CT molecular complexity index is 532. The molecule has 1 aromatic rings. The minimum Gasteiger partial charge on any atom is -0.444 e. The fraction of sp³-hybridized carbons (Fsp3) is 0.632. The predicted octanol–water partition coefficient (Wildman–Crippen LogP) is 3.53. The van der Waals surface area contributed by atoms with Crippen LogP contribution in [0.2, 0.25) is 0 Å². The monoisotopic (exact) mass is 316 g/mol. The lowest BCUT2D eigenvalue weighted by atomic mass is 10.0. The van der Waals surface area contributed by atoms with Crippen molar-refractivity contribution in [3.05, 3.63) is 35.9 Å². The number of hydrogen-bond donors (Lipinski definition) is 1. The largest absolute Gasteiger partial charge is 0.444 e. The number of ether oxygens (including phenoxy) is 1. The van der Waals surface area contributed by atoms with E-state index in [4.69, 9.17) is 4.74 Å². The molecule has 3 rings (SSSR count). The van der Waals surface area contributed by atoms with E-state index in [-0.39, 0.29) is 12.1 Å². The second kappa shape index (κ2) is 6.52. The van der Waals surface area contributed by atoms with E-state index in [1.807, 2.05) is 31.7 Å². The maximum absolute atomic E-state index is 12.8. The van der Waals surface area contributed by atoms with Gasteiger partial charge in [-0.05, 0) is 58.7 Å². The Morgan fingerprint density at radius 3 is 2.43 bits per heavy atom. The first-order chi connectivity index (χ1) is 11.0. The Morgan fingerprint density at radius 2 is 1.83 bits per heavy atom. The van der Waals surface area contributed by atoms with Crippen LogP contribution in [0.3, 0.4) is 0 Å². The average Bonchev–Trinajstić information content (AvgIpc) is 3.28. The number of amides is 1. The van der Waals surface area contributed by atoms with Crippen molar-refractivity contribution in [1.82, 2.24) is 10.2 Å². The molecule has 126 valence electrons. The molecule has 1 heterocycles. The smallest absolute Gasteiger partial charge is 0.410 e. The van der Waals surface area contributed by atoms with E-state index < -0.39 is 5.60 Å². The lowest BCUT2D eigenvalue weighted by Crippen LogP contribution is -2.49. The van der Waals surface area contributed by atoms with Crippen molar-refractivity contribution in [2.75, 3.05) is 13.1 Å². The first-order valence-corrected chi connectivity index (χ1v) is 8.73. The van der Waals surface area contributed by atoms with E-state index in [9.17, 15) is 4.79 Å². The van der Waals surface area contributed by atoms with Crippen molar-refractivity contribution >= 4 is 6.09 Å². The Morgan fingerprint density at radius 1 is 1.17 bits per heavy atom. The van der Waals surface area contributed by atoms with Crippen LogP contribution in [0.25, 0.3) is 0 Å². The summed E-state index contributed by atoms with van der Waals surface area (Å²) in [6.45, 7) is 7.77. The van der Waals surface area contributed by atoms with Gasteiger partial charge in [-0.2, -0.15) is 0 Å². The summed E-state index contributed by atoms with van der Waals surface area (Å²) < 4.78 is 5.71. The van der Waals surface area contributed by atoms with E-state index >= 15 is 0 Å². The van der Waals surface area contributed by atoms with Gasteiger partial charge in [0.2, 0.25) is 0 Å². The zero-order valence-electron chi connectivity index (χ0n) is 14.4. The van der Waals surface area contributed by atoms with Crippen LogP contribution < -0.4 is 5.32 Å². The maximum atomic E-state index is 12.8. The molecule has 1 saturated heterocycles. The third-order valence-corrected chi connectivity index (χ3v) is 4.65. The summed E-state index contributed by atoms with van der Waals surface area (Å²) in [5.74, 6) is 0.457. The third kappa shape index (κ3) is 4.05. The fourth-order valence-electron chi connectivity index (χ4n) is 3.50. The average molecular weight is 316 g/mol. The van der Waals surface area contributed by atoms with Gasteiger partial charge in [-0.3, -0.25) is 0 Å². The molecule has 1 aliphatic carbocycles. The molecular formula is C19H28N2O2. The maximum Gasteiger partial charge on any atom is 0.410 e. The molecular weight excluding hydrogens is 288 g/mol. The van der Waals surface area contributed by atoms with Crippen LogP contribution in [0, 0.1) is 0 Å². The minimum absolute atomic E-state index is 0.146. The summed E-state index contributed by atoms with van der Waals surface area (Å²) in [7, 11) is 0. The first-order valence-electron chi connectivity index (χ1n) is 8.73. The second-order valence-corrected chi connectivity index (χ2v) is 7.69. The molecule has 1 N–H and O–H groups in total. The summed E-state index contributed by atoms with van der Waals surface area (Å²) in [5, 5.41) is 3.38.